The van der Waals surface area contributed by atoms with Crippen LogP contribution in [0, 0.1) is 20.8 Å². The molecule has 0 spiro atoms. The van der Waals surface area contributed by atoms with Gasteiger partial charge in [0.15, 0.2) is 0 Å². The van der Waals surface area contributed by atoms with Crippen molar-refractivity contribution in [1.29, 1.82) is 0 Å². The van der Waals surface area contributed by atoms with Gasteiger partial charge in [-0.2, -0.15) is 0 Å². The first-order valence-electron chi connectivity index (χ1n) is 11.1. The molecule has 2 aromatic carbocycles. The molecule has 2 fully saturated rings. The van der Waals surface area contributed by atoms with Crippen LogP contribution in [0.2, 0.25) is 0 Å². The Morgan fingerprint density at radius 3 is 1.81 bits per heavy atom. The maximum Gasteiger partial charge on any atom is 0.312 e. The smallest absolute Gasteiger partial charge is 0.312 e. The summed E-state index contributed by atoms with van der Waals surface area (Å²) >= 11 is 0. The number of carbonyl (C=O) groups is 2. The topological polar surface area (TPSA) is 47.1 Å². The Labute approximate surface area is 185 Å². The predicted octanol–water partition coefficient (Wildman–Crippen LogP) is 2.61. The first-order valence-corrected chi connectivity index (χ1v) is 11.1. The van der Waals surface area contributed by atoms with Gasteiger partial charge in [0.1, 0.15) is 0 Å². The number of carbonyl (C=O) groups excluding carboxylic acids is 2. The molecule has 0 N–H and O–H groups in total. The van der Waals surface area contributed by atoms with Crippen LogP contribution in [-0.2, 0) is 9.59 Å². The van der Waals surface area contributed by atoms with Crippen molar-refractivity contribution in [2.75, 3.05) is 62.2 Å². The maximum absolute atomic E-state index is 12.9. The lowest BCUT2D eigenvalue weighted by molar-refractivity contribution is -0.152. The lowest BCUT2D eigenvalue weighted by Crippen LogP contribution is -2.56. The largest absolute Gasteiger partial charge is 0.368 e. The molecule has 2 saturated heterocycles. The van der Waals surface area contributed by atoms with Crippen molar-refractivity contribution in [3.8, 4) is 0 Å². The molecule has 0 unspecified atom stereocenters. The Kier molecular flexibility index (Phi) is 6.16. The van der Waals surface area contributed by atoms with Gasteiger partial charge < -0.3 is 19.6 Å². The summed E-state index contributed by atoms with van der Waals surface area (Å²) in [5.41, 5.74) is 6.19. The van der Waals surface area contributed by atoms with Gasteiger partial charge in [0.25, 0.3) is 0 Å². The van der Waals surface area contributed by atoms with E-state index in [9.17, 15) is 9.59 Å². The Hall–Kier alpha value is -3.02. The van der Waals surface area contributed by atoms with Gasteiger partial charge in [-0.05, 0) is 55.7 Å². The molecule has 6 nitrogen and oxygen atoms in total. The zero-order chi connectivity index (χ0) is 22.0. The molecule has 2 aliphatic heterocycles. The summed E-state index contributed by atoms with van der Waals surface area (Å²) in [6.07, 6.45) is 0. The van der Waals surface area contributed by atoms with Gasteiger partial charge in [-0.25, -0.2) is 0 Å². The lowest BCUT2D eigenvalue weighted by atomic mass is 10.1. The Balaban J connectivity index is 1.30. The fourth-order valence-corrected chi connectivity index (χ4v) is 4.49. The lowest BCUT2D eigenvalue weighted by Gasteiger charge is -2.39. The second-order valence-corrected chi connectivity index (χ2v) is 8.62. The summed E-state index contributed by atoms with van der Waals surface area (Å²) in [5, 5.41) is 0. The van der Waals surface area contributed by atoms with E-state index in [0.717, 1.165) is 26.2 Å². The van der Waals surface area contributed by atoms with E-state index < -0.39 is 0 Å². The number of hydrogen-bond acceptors (Lipinski definition) is 4. The Morgan fingerprint density at radius 1 is 0.677 bits per heavy atom. The van der Waals surface area contributed by atoms with Crippen LogP contribution < -0.4 is 9.80 Å². The molecule has 0 aromatic heterocycles. The average molecular weight is 421 g/mol. The highest BCUT2D eigenvalue weighted by atomic mass is 16.2. The second kappa shape index (κ2) is 9.00. The molecule has 31 heavy (non-hydrogen) atoms. The third-order valence-electron chi connectivity index (χ3n) is 6.60. The van der Waals surface area contributed by atoms with Gasteiger partial charge >= 0.3 is 11.8 Å². The summed E-state index contributed by atoms with van der Waals surface area (Å²) in [6.45, 7) is 11.7. The van der Waals surface area contributed by atoms with Crippen molar-refractivity contribution in [3.05, 3.63) is 59.2 Å². The minimum Gasteiger partial charge on any atom is -0.368 e. The van der Waals surface area contributed by atoms with Crippen molar-refractivity contribution in [3.63, 3.8) is 0 Å². The van der Waals surface area contributed by atoms with Crippen molar-refractivity contribution in [2.45, 2.75) is 20.8 Å². The predicted molar refractivity (Wildman–Crippen MR) is 125 cm³/mol. The molecule has 6 heteroatoms. The van der Waals surface area contributed by atoms with Crippen molar-refractivity contribution >= 4 is 23.2 Å². The number of piperazine rings is 2. The molecular formula is C25H32N4O2. The minimum absolute atomic E-state index is 0.357. The SMILES string of the molecule is Cc1cccc(N2CCN(C(=O)C(=O)N3CCN(c4cccc(C)c4C)CC3)CC2)c1. The van der Waals surface area contributed by atoms with Gasteiger partial charge in [0, 0.05) is 63.7 Å². The van der Waals surface area contributed by atoms with Crippen LogP contribution in [0.15, 0.2) is 42.5 Å². The summed E-state index contributed by atoms with van der Waals surface area (Å²) in [5.74, 6) is -0.714. The van der Waals surface area contributed by atoms with Crippen LogP contribution in [0.1, 0.15) is 16.7 Å². The normalized spacial score (nSPS) is 17.1. The van der Waals surface area contributed by atoms with Crippen molar-refractivity contribution in [1.82, 2.24) is 9.80 Å². The average Bonchev–Trinajstić information content (AvgIpc) is 2.80. The fraction of sp³-hybridized carbons (Fsp3) is 0.440. The quantitative estimate of drug-likeness (QED) is 0.701. The van der Waals surface area contributed by atoms with E-state index in [1.165, 1.54) is 28.1 Å². The molecule has 0 saturated carbocycles. The molecule has 2 aromatic rings. The molecule has 2 aliphatic rings. The number of rotatable bonds is 2. The maximum atomic E-state index is 12.9. The number of nitrogens with zero attached hydrogens (tertiary/aromatic N) is 4. The molecular weight excluding hydrogens is 388 g/mol. The number of hydrogen-bond donors (Lipinski definition) is 0. The third-order valence-corrected chi connectivity index (χ3v) is 6.60. The molecule has 0 radical (unpaired) electrons. The highest BCUT2D eigenvalue weighted by molar-refractivity contribution is 6.35. The van der Waals surface area contributed by atoms with Gasteiger partial charge in [0.2, 0.25) is 0 Å². The van der Waals surface area contributed by atoms with Crippen LogP contribution in [0.25, 0.3) is 0 Å². The number of aryl methyl sites for hydroxylation is 2. The number of anilines is 2. The summed E-state index contributed by atoms with van der Waals surface area (Å²) in [7, 11) is 0. The van der Waals surface area contributed by atoms with E-state index in [2.05, 4.69) is 73.0 Å². The van der Waals surface area contributed by atoms with E-state index >= 15 is 0 Å². The zero-order valence-corrected chi connectivity index (χ0v) is 18.8. The summed E-state index contributed by atoms with van der Waals surface area (Å²) < 4.78 is 0. The highest BCUT2D eigenvalue weighted by Gasteiger charge is 2.31. The van der Waals surface area contributed by atoms with Gasteiger partial charge in [-0.15, -0.1) is 0 Å². The van der Waals surface area contributed by atoms with Gasteiger partial charge in [0.05, 0.1) is 0 Å². The summed E-state index contributed by atoms with van der Waals surface area (Å²) in [4.78, 5) is 33.7. The van der Waals surface area contributed by atoms with Gasteiger partial charge in [-0.3, -0.25) is 9.59 Å². The molecule has 164 valence electrons. The fourth-order valence-electron chi connectivity index (χ4n) is 4.49. The minimum atomic E-state index is -0.357. The monoisotopic (exact) mass is 420 g/mol. The van der Waals surface area contributed by atoms with Crippen LogP contribution >= 0.6 is 0 Å². The first kappa shape index (κ1) is 21.2. The van der Waals surface area contributed by atoms with Crippen molar-refractivity contribution < 1.29 is 9.59 Å². The van der Waals surface area contributed by atoms with Crippen LogP contribution in [0.4, 0.5) is 11.4 Å². The third kappa shape index (κ3) is 4.53. The number of amides is 2. The van der Waals surface area contributed by atoms with Crippen molar-refractivity contribution in [2.24, 2.45) is 0 Å². The van der Waals surface area contributed by atoms with E-state index in [1.54, 1.807) is 9.80 Å². The zero-order valence-electron chi connectivity index (χ0n) is 18.8. The first-order chi connectivity index (χ1) is 14.9. The molecule has 4 rings (SSSR count). The van der Waals surface area contributed by atoms with E-state index in [-0.39, 0.29) is 11.8 Å². The van der Waals surface area contributed by atoms with E-state index in [0.29, 0.717) is 26.2 Å². The molecule has 0 bridgehead atoms. The molecule has 0 aliphatic carbocycles. The number of benzene rings is 2. The van der Waals surface area contributed by atoms with Crippen LogP contribution in [0.3, 0.4) is 0 Å². The molecule has 2 heterocycles. The van der Waals surface area contributed by atoms with E-state index in [1.807, 2.05) is 0 Å². The second-order valence-electron chi connectivity index (χ2n) is 8.62. The Bertz CT molecular complexity index is 958. The van der Waals surface area contributed by atoms with E-state index in [4.69, 9.17) is 0 Å². The Morgan fingerprint density at radius 2 is 1.23 bits per heavy atom. The molecule has 2 amide bonds. The van der Waals surface area contributed by atoms with Crippen LogP contribution in [-0.4, -0.2) is 74.0 Å². The van der Waals surface area contributed by atoms with Crippen LogP contribution in [0.5, 0.6) is 0 Å². The van der Waals surface area contributed by atoms with Gasteiger partial charge in [-0.1, -0.05) is 24.3 Å². The molecule has 0 atom stereocenters. The highest BCUT2D eigenvalue weighted by Crippen LogP contribution is 2.24. The summed E-state index contributed by atoms with van der Waals surface area (Å²) in [6, 6.07) is 14.7. The standard InChI is InChI=1S/C25H32N4O2/c1-19-6-4-8-22(18-19)26-10-14-28(15-11-26)24(30)25(31)29-16-12-27(13-17-29)23-9-5-7-20(2)21(23)3/h4-9,18H,10-17H2,1-3H3.